The van der Waals surface area contributed by atoms with Crippen molar-refractivity contribution in [3.63, 3.8) is 0 Å². The van der Waals surface area contributed by atoms with Gasteiger partial charge in [-0.05, 0) is 19.4 Å². The topological polar surface area (TPSA) is 54.0 Å². The first-order valence-corrected chi connectivity index (χ1v) is 7.26. The molecule has 1 aliphatic rings. The Balaban J connectivity index is 1.98. The molecule has 1 aromatic rings. The van der Waals surface area contributed by atoms with Crippen LogP contribution in [0.25, 0.3) is 0 Å². The zero-order valence-electron chi connectivity index (χ0n) is 11.2. The summed E-state index contributed by atoms with van der Waals surface area (Å²) in [6.45, 7) is 8.26. The quantitative estimate of drug-likeness (QED) is 0.861. The van der Waals surface area contributed by atoms with E-state index in [0.29, 0.717) is 4.88 Å². The lowest BCUT2D eigenvalue weighted by Crippen LogP contribution is -2.45. The summed E-state index contributed by atoms with van der Waals surface area (Å²) in [6, 6.07) is 0.256. The van der Waals surface area contributed by atoms with Gasteiger partial charge in [-0.15, -0.1) is 11.3 Å². The number of hydrogen-bond donors (Lipinski definition) is 2. The minimum absolute atomic E-state index is 0.00951. The molecule has 2 rings (SSSR count). The van der Waals surface area contributed by atoms with E-state index in [9.17, 15) is 4.79 Å². The molecule has 1 aliphatic heterocycles. The number of nitrogens with one attached hydrogen (secondary N) is 2. The van der Waals surface area contributed by atoms with Crippen LogP contribution < -0.4 is 10.6 Å². The predicted octanol–water partition coefficient (Wildman–Crippen LogP) is 1.92. The molecule has 2 heterocycles. The molecule has 0 saturated carbocycles. The van der Waals surface area contributed by atoms with Crippen molar-refractivity contribution in [3.05, 3.63) is 16.1 Å². The molecule has 1 fully saturated rings. The first-order chi connectivity index (χ1) is 8.47. The molecule has 0 bridgehead atoms. The number of carbonyl (C=O) groups is 1. The molecule has 5 heteroatoms. The zero-order chi connectivity index (χ0) is 13.2. The summed E-state index contributed by atoms with van der Waals surface area (Å²) in [4.78, 5) is 17.1. The van der Waals surface area contributed by atoms with Crippen LogP contribution in [-0.4, -0.2) is 30.0 Å². The third-order valence-corrected chi connectivity index (χ3v) is 4.43. The van der Waals surface area contributed by atoms with Gasteiger partial charge in [0.15, 0.2) is 0 Å². The van der Waals surface area contributed by atoms with Crippen molar-refractivity contribution in [1.82, 2.24) is 15.6 Å². The lowest BCUT2D eigenvalue weighted by molar-refractivity contribution is 0.0934. The Morgan fingerprint density at radius 2 is 2.33 bits per heavy atom. The van der Waals surface area contributed by atoms with Crippen molar-refractivity contribution >= 4 is 17.2 Å². The van der Waals surface area contributed by atoms with Crippen LogP contribution >= 0.6 is 11.3 Å². The molecule has 0 unspecified atom stereocenters. The molecular formula is C13H21N3OS. The van der Waals surface area contributed by atoms with Crippen LogP contribution in [0.3, 0.4) is 0 Å². The van der Waals surface area contributed by atoms with Crippen molar-refractivity contribution in [1.29, 1.82) is 0 Å². The van der Waals surface area contributed by atoms with E-state index in [1.54, 1.807) is 6.20 Å². The number of aromatic nitrogens is 1. The van der Waals surface area contributed by atoms with E-state index in [0.717, 1.165) is 30.9 Å². The number of hydrogen-bond acceptors (Lipinski definition) is 4. The van der Waals surface area contributed by atoms with Gasteiger partial charge >= 0.3 is 0 Å². The number of thiazole rings is 1. The third-order valence-electron chi connectivity index (χ3n) is 3.00. The fourth-order valence-corrected chi connectivity index (χ4v) is 2.83. The van der Waals surface area contributed by atoms with Gasteiger partial charge in [0.05, 0.1) is 11.2 Å². The third kappa shape index (κ3) is 3.29. The van der Waals surface area contributed by atoms with E-state index >= 15 is 0 Å². The molecule has 1 aromatic heterocycles. The maximum Gasteiger partial charge on any atom is 0.263 e. The lowest BCUT2D eigenvalue weighted by atomic mass is 9.98. The van der Waals surface area contributed by atoms with Gasteiger partial charge in [-0.25, -0.2) is 4.98 Å². The average Bonchev–Trinajstić information content (AvgIpc) is 2.79. The van der Waals surface area contributed by atoms with Gasteiger partial charge in [0.2, 0.25) is 0 Å². The highest BCUT2D eigenvalue weighted by molar-refractivity contribution is 7.13. The van der Waals surface area contributed by atoms with Crippen molar-refractivity contribution in [3.8, 4) is 0 Å². The molecule has 100 valence electrons. The van der Waals surface area contributed by atoms with E-state index in [1.165, 1.54) is 11.3 Å². The lowest BCUT2D eigenvalue weighted by Gasteiger charge is -2.23. The van der Waals surface area contributed by atoms with Gasteiger partial charge in [-0.3, -0.25) is 4.79 Å². The molecule has 0 aliphatic carbocycles. The molecule has 2 N–H and O–H groups in total. The van der Waals surface area contributed by atoms with E-state index in [2.05, 4.69) is 36.4 Å². The van der Waals surface area contributed by atoms with Gasteiger partial charge in [0, 0.05) is 18.0 Å². The van der Waals surface area contributed by atoms with Gasteiger partial charge < -0.3 is 10.6 Å². The summed E-state index contributed by atoms with van der Waals surface area (Å²) in [5.74, 6) is 0.0108. The predicted molar refractivity (Wildman–Crippen MR) is 74.2 cm³/mol. The summed E-state index contributed by atoms with van der Waals surface area (Å²) in [5, 5.41) is 7.37. The van der Waals surface area contributed by atoms with Crippen LogP contribution in [0.1, 0.15) is 48.3 Å². The van der Waals surface area contributed by atoms with Crippen LogP contribution in [0, 0.1) is 0 Å². The smallest absolute Gasteiger partial charge is 0.263 e. The van der Waals surface area contributed by atoms with Gasteiger partial charge in [-0.2, -0.15) is 0 Å². The molecule has 1 atom stereocenters. The number of carbonyl (C=O) groups excluding carboxylic acids is 1. The summed E-state index contributed by atoms with van der Waals surface area (Å²) < 4.78 is 0. The number of nitrogens with zero attached hydrogens (tertiary/aromatic N) is 1. The normalized spacial score (nSPS) is 20.7. The van der Waals surface area contributed by atoms with Crippen molar-refractivity contribution < 1.29 is 4.79 Å². The van der Waals surface area contributed by atoms with E-state index in [-0.39, 0.29) is 17.4 Å². The standard InChI is InChI=1S/C13H21N3OS/c1-13(2,3)12-15-8-10(18-12)11(17)16-9-5-4-6-14-7-9/h8-9,14H,4-7H2,1-3H3,(H,16,17)/t9-/m0/s1. The minimum Gasteiger partial charge on any atom is -0.347 e. The Labute approximate surface area is 112 Å². The van der Waals surface area contributed by atoms with Crippen LogP contribution in [0.15, 0.2) is 6.20 Å². The van der Waals surface area contributed by atoms with E-state index in [4.69, 9.17) is 0 Å². The summed E-state index contributed by atoms with van der Waals surface area (Å²) in [5.41, 5.74) is 0.00951. The molecule has 1 saturated heterocycles. The largest absolute Gasteiger partial charge is 0.347 e. The Hall–Kier alpha value is -0.940. The molecule has 0 spiro atoms. The second kappa shape index (κ2) is 5.36. The molecule has 0 radical (unpaired) electrons. The van der Waals surface area contributed by atoms with Crippen LogP contribution in [-0.2, 0) is 5.41 Å². The Bertz CT molecular complexity index is 416. The van der Waals surface area contributed by atoms with Crippen LogP contribution in [0.5, 0.6) is 0 Å². The number of piperidine rings is 1. The van der Waals surface area contributed by atoms with Gasteiger partial charge in [-0.1, -0.05) is 20.8 Å². The second-order valence-corrected chi connectivity index (χ2v) is 6.83. The molecule has 4 nitrogen and oxygen atoms in total. The van der Waals surface area contributed by atoms with E-state index in [1.807, 2.05) is 0 Å². The first kappa shape index (κ1) is 13.5. The van der Waals surface area contributed by atoms with Crippen molar-refractivity contribution in [2.24, 2.45) is 0 Å². The van der Waals surface area contributed by atoms with Crippen LogP contribution in [0.4, 0.5) is 0 Å². The Kier molecular flexibility index (Phi) is 4.02. The minimum atomic E-state index is 0.00951. The summed E-state index contributed by atoms with van der Waals surface area (Å²) in [6.07, 6.45) is 3.88. The van der Waals surface area contributed by atoms with Gasteiger partial charge in [0.25, 0.3) is 5.91 Å². The fourth-order valence-electron chi connectivity index (χ4n) is 1.96. The highest BCUT2D eigenvalue weighted by atomic mass is 32.1. The van der Waals surface area contributed by atoms with Crippen LogP contribution in [0.2, 0.25) is 0 Å². The maximum atomic E-state index is 12.1. The molecule has 0 aromatic carbocycles. The first-order valence-electron chi connectivity index (χ1n) is 6.45. The SMILES string of the molecule is CC(C)(C)c1ncc(C(=O)N[C@H]2CCCNC2)s1. The molecule has 1 amide bonds. The summed E-state index contributed by atoms with van der Waals surface area (Å²) >= 11 is 1.49. The molecular weight excluding hydrogens is 246 g/mol. The fraction of sp³-hybridized carbons (Fsp3) is 0.692. The van der Waals surface area contributed by atoms with E-state index < -0.39 is 0 Å². The maximum absolute atomic E-state index is 12.1. The average molecular weight is 267 g/mol. The molecule has 18 heavy (non-hydrogen) atoms. The van der Waals surface area contributed by atoms with Crippen molar-refractivity contribution in [2.45, 2.75) is 45.1 Å². The summed E-state index contributed by atoms with van der Waals surface area (Å²) in [7, 11) is 0. The monoisotopic (exact) mass is 267 g/mol. The Morgan fingerprint density at radius 3 is 2.89 bits per heavy atom. The number of amides is 1. The zero-order valence-corrected chi connectivity index (χ0v) is 12.1. The highest BCUT2D eigenvalue weighted by Gasteiger charge is 2.22. The second-order valence-electron chi connectivity index (χ2n) is 5.80. The van der Waals surface area contributed by atoms with Crippen molar-refractivity contribution in [2.75, 3.05) is 13.1 Å². The number of rotatable bonds is 2. The van der Waals surface area contributed by atoms with Gasteiger partial charge in [0.1, 0.15) is 4.88 Å². The Morgan fingerprint density at radius 1 is 1.56 bits per heavy atom. The highest BCUT2D eigenvalue weighted by Crippen LogP contribution is 2.26.